The molecular weight excluding hydrogens is 244 g/mol. The van der Waals surface area contributed by atoms with Gasteiger partial charge in [0.2, 0.25) is 0 Å². The third-order valence-electron chi connectivity index (χ3n) is 2.94. The first-order valence-corrected chi connectivity index (χ1v) is 6.69. The van der Waals surface area contributed by atoms with Gasteiger partial charge in [0.05, 0.1) is 24.3 Å². The Bertz CT molecular complexity index is 396. The number of hydrogen-bond acceptors (Lipinski definition) is 5. The monoisotopic (exact) mass is 266 g/mol. The van der Waals surface area contributed by atoms with Crippen LogP contribution in [0.25, 0.3) is 0 Å². The summed E-state index contributed by atoms with van der Waals surface area (Å²) >= 11 is 0. The number of hydrogen-bond donors (Lipinski definition) is 0. The van der Waals surface area contributed by atoms with Gasteiger partial charge in [0, 0.05) is 12.8 Å². The predicted molar refractivity (Wildman–Crippen MR) is 71.6 cm³/mol. The lowest BCUT2D eigenvalue weighted by Gasteiger charge is -2.33. The number of nitriles is 1. The van der Waals surface area contributed by atoms with Gasteiger partial charge in [-0.05, 0) is 34.1 Å². The van der Waals surface area contributed by atoms with Crippen molar-refractivity contribution >= 4 is 11.9 Å². The summed E-state index contributed by atoms with van der Waals surface area (Å²) in [7, 11) is 0. The summed E-state index contributed by atoms with van der Waals surface area (Å²) in [6.45, 7) is 8.06. The van der Waals surface area contributed by atoms with Crippen LogP contribution in [0.1, 0.15) is 47.0 Å². The van der Waals surface area contributed by atoms with Crippen molar-refractivity contribution in [1.82, 2.24) is 0 Å². The molecule has 1 rings (SSSR count). The molecule has 0 aromatic heterocycles. The SMILES string of the molecule is CCOC(=O)C(CCC#N)C1=NC(C)(C)CC(C)O1. The van der Waals surface area contributed by atoms with Gasteiger partial charge in [-0.25, -0.2) is 4.99 Å². The Morgan fingerprint density at radius 1 is 1.68 bits per heavy atom. The third kappa shape index (κ3) is 4.55. The second kappa shape index (κ2) is 6.55. The number of nitrogens with zero attached hydrogens (tertiary/aromatic N) is 2. The molecule has 0 radical (unpaired) electrons. The third-order valence-corrected chi connectivity index (χ3v) is 2.94. The Balaban J connectivity index is 2.93. The molecule has 0 aliphatic carbocycles. The molecule has 0 saturated heterocycles. The van der Waals surface area contributed by atoms with Crippen molar-refractivity contribution < 1.29 is 14.3 Å². The Labute approximate surface area is 114 Å². The van der Waals surface area contributed by atoms with E-state index in [1.807, 2.05) is 26.8 Å². The van der Waals surface area contributed by atoms with Crippen molar-refractivity contribution in [3.63, 3.8) is 0 Å². The summed E-state index contributed by atoms with van der Waals surface area (Å²) in [4.78, 5) is 16.5. The largest absolute Gasteiger partial charge is 0.477 e. The topological polar surface area (TPSA) is 71.7 Å². The molecule has 1 aliphatic heterocycles. The van der Waals surface area contributed by atoms with Crippen molar-refractivity contribution in [3.05, 3.63) is 0 Å². The van der Waals surface area contributed by atoms with E-state index < -0.39 is 5.92 Å². The summed E-state index contributed by atoms with van der Waals surface area (Å²) in [5, 5.41) is 8.70. The number of rotatable bonds is 5. The van der Waals surface area contributed by atoms with Gasteiger partial charge >= 0.3 is 5.97 Å². The van der Waals surface area contributed by atoms with Crippen LogP contribution >= 0.6 is 0 Å². The minimum atomic E-state index is -0.568. The van der Waals surface area contributed by atoms with E-state index in [4.69, 9.17) is 14.7 Å². The Kier molecular flexibility index (Phi) is 5.34. The van der Waals surface area contributed by atoms with Crippen LogP contribution in [0.3, 0.4) is 0 Å². The number of ether oxygens (including phenoxy) is 2. The van der Waals surface area contributed by atoms with Crippen LogP contribution in [0.15, 0.2) is 4.99 Å². The second-order valence-electron chi connectivity index (χ2n) is 5.40. The summed E-state index contributed by atoms with van der Waals surface area (Å²) in [6, 6.07) is 2.05. The van der Waals surface area contributed by atoms with Gasteiger partial charge in [-0.1, -0.05) is 0 Å². The maximum Gasteiger partial charge on any atom is 0.318 e. The first-order valence-electron chi connectivity index (χ1n) is 6.69. The van der Waals surface area contributed by atoms with Crippen molar-refractivity contribution in [2.75, 3.05) is 6.61 Å². The van der Waals surface area contributed by atoms with Crippen molar-refractivity contribution in [2.45, 2.75) is 58.6 Å². The highest BCUT2D eigenvalue weighted by Gasteiger charge is 2.35. The van der Waals surface area contributed by atoms with Crippen LogP contribution < -0.4 is 0 Å². The van der Waals surface area contributed by atoms with E-state index in [-0.39, 0.29) is 24.0 Å². The smallest absolute Gasteiger partial charge is 0.318 e. The van der Waals surface area contributed by atoms with E-state index in [2.05, 4.69) is 4.99 Å². The van der Waals surface area contributed by atoms with E-state index in [0.717, 1.165) is 6.42 Å². The zero-order valence-electron chi connectivity index (χ0n) is 12.1. The summed E-state index contributed by atoms with van der Waals surface area (Å²) < 4.78 is 10.7. The molecule has 1 heterocycles. The van der Waals surface area contributed by atoms with Crippen LogP contribution in [0.2, 0.25) is 0 Å². The average Bonchev–Trinajstić information content (AvgIpc) is 2.27. The van der Waals surface area contributed by atoms with Gasteiger partial charge in [0.25, 0.3) is 0 Å². The minimum absolute atomic E-state index is 0.0153. The summed E-state index contributed by atoms with van der Waals surface area (Å²) in [5.41, 5.74) is -0.246. The van der Waals surface area contributed by atoms with Gasteiger partial charge in [-0.15, -0.1) is 0 Å². The van der Waals surface area contributed by atoms with E-state index in [1.165, 1.54) is 0 Å². The van der Waals surface area contributed by atoms with Crippen molar-refractivity contribution in [3.8, 4) is 6.07 Å². The fourth-order valence-corrected chi connectivity index (χ4v) is 2.28. The highest BCUT2D eigenvalue weighted by atomic mass is 16.5. The summed E-state index contributed by atoms with van der Waals surface area (Å²) in [6.07, 6.45) is 1.49. The van der Waals surface area contributed by atoms with E-state index in [9.17, 15) is 4.79 Å². The normalized spacial score (nSPS) is 22.7. The van der Waals surface area contributed by atoms with E-state index in [1.54, 1.807) is 6.92 Å². The number of carbonyl (C=O) groups is 1. The molecule has 0 N–H and O–H groups in total. The maximum absolute atomic E-state index is 12.0. The zero-order valence-corrected chi connectivity index (χ0v) is 12.1. The first-order chi connectivity index (χ1) is 8.89. The van der Waals surface area contributed by atoms with E-state index >= 15 is 0 Å². The lowest BCUT2D eigenvalue weighted by molar-refractivity contribution is -0.146. The number of aliphatic imine (C=N–C) groups is 1. The lowest BCUT2D eigenvalue weighted by atomic mass is 9.94. The molecule has 106 valence electrons. The highest BCUT2D eigenvalue weighted by molar-refractivity contribution is 5.98. The van der Waals surface area contributed by atoms with Gasteiger partial charge < -0.3 is 9.47 Å². The van der Waals surface area contributed by atoms with Gasteiger partial charge in [-0.2, -0.15) is 5.26 Å². The standard InChI is InChI=1S/C14H22N2O3/c1-5-18-13(17)11(7-6-8-15)12-16-14(3,4)9-10(2)19-12/h10-11H,5-7,9H2,1-4H3. The predicted octanol–water partition coefficient (Wildman–Crippen LogP) is 2.46. The highest BCUT2D eigenvalue weighted by Crippen LogP contribution is 2.27. The molecule has 0 aromatic carbocycles. The van der Waals surface area contributed by atoms with E-state index in [0.29, 0.717) is 18.9 Å². The average molecular weight is 266 g/mol. The molecule has 0 aromatic rings. The van der Waals surface area contributed by atoms with Crippen molar-refractivity contribution in [1.29, 1.82) is 5.26 Å². The molecule has 5 nitrogen and oxygen atoms in total. The molecule has 5 heteroatoms. The maximum atomic E-state index is 12.0. The van der Waals surface area contributed by atoms with Gasteiger partial charge in [0.15, 0.2) is 5.90 Å². The second-order valence-corrected chi connectivity index (χ2v) is 5.40. The van der Waals surface area contributed by atoms with Gasteiger partial charge in [-0.3, -0.25) is 4.79 Å². The number of carbonyl (C=O) groups excluding carboxylic acids is 1. The minimum Gasteiger partial charge on any atom is -0.477 e. The van der Waals surface area contributed by atoms with Crippen LogP contribution in [0.4, 0.5) is 0 Å². The van der Waals surface area contributed by atoms with Crippen LogP contribution in [-0.4, -0.2) is 30.1 Å². The fraction of sp³-hybridized carbons (Fsp3) is 0.786. The molecule has 0 fully saturated rings. The van der Waals surface area contributed by atoms with Gasteiger partial charge in [0.1, 0.15) is 5.92 Å². The molecule has 2 unspecified atom stereocenters. The fourth-order valence-electron chi connectivity index (χ4n) is 2.28. The molecule has 0 saturated carbocycles. The molecule has 19 heavy (non-hydrogen) atoms. The van der Waals surface area contributed by atoms with Crippen molar-refractivity contribution in [2.24, 2.45) is 10.9 Å². The lowest BCUT2D eigenvalue weighted by Crippen LogP contribution is -2.39. The molecule has 0 spiro atoms. The Morgan fingerprint density at radius 3 is 2.89 bits per heavy atom. The molecule has 0 bridgehead atoms. The molecule has 0 amide bonds. The molecule has 2 atom stereocenters. The zero-order chi connectivity index (χ0) is 14.5. The Morgan fingerprint density at radius 2 is 2.37 bits per heavy atom. The van der Waals surface area contributed by atoms with Crippen LogP contribution in [0.5, 0.6) is 0 Å². The van der Waals surface area contributed by atoms with Crippen LogP contribution in [-0.2, 0) is 14.3 Å². The quantitative estimate of drug-likeness (QED) is 0.716. The molecule has 1 aliphatic rings. The molecular formula is C14H22N2O3. The number of esters is 1. The summed E-state index contributed by atoms with van der Waals surface area (Å²) in [5.74, 6) is -0.513. The first kappa shape index (κ1) is 15.5. The Hall–Kier alpha value is -1.57. The van der Waals surface area contributed by atoms with Crippen LogP contribution in [0, 0.1) is 17.2 Å².